The van der Waals surface area contributed by atoms with Gasteiger partial charge in [0.2, 0.25) is 0 Å². The molecular formula is C10H7NaO. The number of hydrogen-bond donors (Lipinski definition) is 1. The molecule has 54 valence electrons. The molecule has 0 saturated heterocycles. The minimum absolute atomic E-state index is 0.380. The maximum atomic E-state index is 9.51. The van der Waals surface area contributed by atoms with Gasteiger partial charge in [-0.15, -0.1) is 0 Å². The molecule has 2 aromatic rings. The third kappa shape index (κ3) is 1.24. The van der Waals surface area contributed by atoms with Crippen molar-refractivity contribution in [3.63, 3.8) is 0 Å². The molecule has 12 heavy (non-hydrogen) atoms. The van der Waals surface area contributed by atoms with Crippen LogP contribution in [0.4, 0.5) is 0 Å². The molecule has 1 N–H and O–H groups in total. The molecule has 0 heterocycles. The van der Waals surface area contributed by atoms with Crippen molar-refractivity contribution in [1.82, 2.24) is 0 Å². The van der Waals surface area contributed by atoms with Crippen molar-refractivity contribution in [2.24, 2.45) is 0 Å². The predicted molar refractivity (Wildman–Crippen MR) is 51.0 cm³/mol. The second-order valence-electron chi connectivity index (χ2n) is 2.95. The first-order valence-corrected chi connectivity index (χ1v) is 4.96. The van der Waals surface area contributed by atoms with Gasteiger partial charge in [0.05, 0.1) is 0 Å². The summed E-state index contributed by atoms with van der Waals surface area (Å²) in [4.78, 5) is 0. The third-order valence-electron chi connectivity index (χ3n) is 2.12. The van der Waals surface area contributed by atoms with E-state index in [-0.39, 0.29) is 0 Å². The van der Waals surface area contributed by atoms with E-state index in [2.05, 4.69) is 6.07 Å². The van der Waals surface area contributed by atoms with Crippen LogP contribution in [0.25, 0.3) is 10.8 Å². The first-order valence-electron chi connectivity index (χ1n) is 3.96. The molecule has 0 aliphatic heterocycles. The van der Waals surface area contributed by atoms with E-state index in [1.807, 2.05) is 24.3 Å². The summed E-state index contributed by atoms with van der Waals surface area (Å²) in [7, 11) is 0. The Morgan fingerprint density at radius 3 is 2.25 bits per heavy atom. The van der Waals surface area contributed by atoms with Gasteiger partial charge in [-0.3, -0.25) is 0 Å². The molecule has 2 rings (SSSR count). The van der Waals surface area contributed by atoms with Gasteiger partial charge in [0.1, 0.15) is 0 Å². The Kier molecular flexibility index (Phi) is 2.09. The zero-order valence-corrected chi connectivity index (χ0v) is 8.91. The van der Waals surface area contributed by atoms with Crippen LogP contribution in [0.2, 0.25) is 0 Å². The second kappa shape index (κ2) is 3.09. The summed E-state index contributed by atoms with van der Waals surface area (Å²) in [5.74, 6) is 0.380. The van der Waals surface area contributed by atoms with Gasteiger partial charge in [-0.1, -0.05) is 0 Å². The minimum atomic E-state index is 0.380. The van der Waals surface area contributed by atoms with Crippen LogP contribution in [0.15, 0.2) is 36.4 Å². The SMILES string of the molecule is Oc1cc[c]([Na])c2ccccc12. The Morgan fingerprint density at radius 2 is 1.58 bits per heavy atom. The zero-order chi connectivity index (χ0) is 8.55. The molecule has 2 aromatic carbocycles. The van der Waals surface area contributed by atoms with Crippen LogP contribution < -0.4 is 2.81 Å². The molecule has 0 fully saturated rings. The Balaban J connectivity index is 2.95. The first kappa shape index (κ1) is 8.11. The van der Waals surface area contributed by atoms with Crippen LogP contribution >= 0.6 is 0 Å². The molecule has 0 aliphatic rings. The van der Waals surface area contributed by atoms with Gasteiger partial charge < -0.3 is 0 Å². The number of fused-ring (bicyclic) bond motifs is 1. The third-order valence-corrected chi connectivity index (χ3v) is 2.99. The van der Waals surface area contributed by atoms with Gasteiger partial charge in [-0.25, -0.2) is 0 Å². The van der Waals surface area contributed by atoms with Gasteiger partial charge in [0.25, 0.3) is 0 Å². The summed E-state index contributed by atoms with van der Waals surface area (Å²) in [6.07, 6.45) is 0. The second-order valence-corrected chi connectivity index (χ2v) is 4.02. The van der Waals surface area contributed by atoms with Crippen molar-refractivity contribution >= 4 is 41.5 Å². The fourth-order valence-electron chi connectivity index (χ4n) is 1.43. The average molecular weight is 166 g/mol. The number of hydrogen-bond acceptors (Lipinski definition) is 1. The quantitative estimate of drug-likeness (QED) is 0.585. The van der Waals surface area contributed by atoms with Gasteiger partial charge in [0, 0.05) is 0 Å². The van der Waals surface area contributed by atoms with Crippen molar-refractivity contribution in [2.75, 3.05) is 0 Å². The number of phenols is 1. The van der Waals surface area contributed by atoms with E-state index in [0.29, 0.717) is 5.75 Å². The fraction of sp³-hybridized carbons (Fsp3) is 0. The van der Waals surface area contributed by atoms with Crippen LogP contribution in [0.5, 0.6) is 5.75 Å². The summed E-state index contributed by atoms with van der Waals surface area (Å²) in [6, 6.07) is 11.7. The predicted octanol–water partition coefficient (Wildman–Crippen LogP) is 1.34. The molecule has 0 spiro atoms. The van der Waals surface area contributed by atoms with E-state index in [9.17, 15) is 5.11 Å². The van der Waals surface area contributed by atoms with Crippen LogP contribution in [-0.4, -0.2) is 33.0 Å². The van der Waals surface area contributed by atoms with Gasteiger partial charge >= 0.3 is 88.8 Å². The van der Waals surface area contributed by atoms with Crippen LogP contribution in [0.1, 0.15) is 0 Å². The van der Waals surface area contributed by atoms with Gasteiger partial charge in [0.15, 0.2) is 0 Å². The molecule has 0 unspecified atom stereocenters. The van der Waals surface area contributed by atoms with E-state index in [4.69, 9.17) is 0 Å². The summed E-state index contributed by atoms with van der Waals surface area (Å²) >= 11 is 1.02. The number of aromatic hydroxyl groups is 1. The van der Waals surface area contributed by atoms with Crippen molar-refractivity contribution in [3.05, 3.63) is 36.4 Å². The van der Waals surface area contributed by atoms with Gasteiger partial charge in [-0.05, 0) is 0 Å². The maximum absolute atomic E-state index is 9.51. The molecule has 0 saturated carbocycles. The Morgan fingerprint density at radius 1 is 0.917 bits per heavy atom. The molecule has 0 aromatic heterocycles. The molecule has 2 heteroatoms. The first-order chi connectivity index (χ1) is 5.79. The number of rotatable bonds is 0. The Hall–Kier alpha value is -0.500. The van der Waals surface area contributed by atoms with E-state index in [1.54, 1.807) is 6.07 Å². The molecule has 1 nitrogen and oxygen atoms in total. The Bertz CT molecular complexity index is 383. The standard InChI is InChI=1S/C10H7O.Na/c11-10-7-3-5-8-4-1-2-6-9(8)10;/h1-4,6-7,11H;. The van der Waals surface area contributed by atoms with Crippen LogP contribution in [-0.2, 0) is 0 Å². The Labute approximate surface area is 88.4 Å². The van der Waals surface area contributed by atoms with E-state index < -0.39 is 0 Å². The number of phenolic OH excluding ortho intramolecular Hbond substituents is 1. The topological polar surface area (TPSA) is 20.2 Å². The van der Waals surface area contributed by atoms with E-state index in [0.717, 1.165) is 33.3 Å². The van der Waals surface area contributed by atoms with E-state index in [1.165, 1.54) is 8.20 Å². The molecule has 0 aliphatic carbocycles. The summed E-state index contributed by atoms with van der Waals surface area (Å²) in [5.41, 5.74) is 0. The van der Waals surface area contributed by atoms with Crippen molar-refractivity contribution < 1.29 is 5.11 Å². The fourth-order valence-corrected chi connectivity index (χ4v) is 2.04. The average Bonchev–Trinajstić information content (AvgIpc) is 2.12. The molecule has 0 bridgehead atoms. The zero-order valence-electron chi connectivity index (χ0n) is 6.91. The van der Waals surface area contributed by atoms with Crippen LogP contribution in [0, 0.1) is 0 Å². The molecule has 0 atom stereocenters. The van der Waals surface area contributed by atoms with Crippen LogP contribution in [0.3, 0.4) is 0 Å². The normalized spacial score (nSPS) is 10.5. The summed E-state index contributed by atoms with van der Waals surface area (Å²) < 4.78 is 1.34. The monoisotopic (exact) mass is 166 g/mol. The van der Waals surface area contributed by atoms with Gasteiger partial charge in [-0.2, -0.15) is 0 Å². The van der Waals surface area contributed by atoms with Crippen molar-refractivity contribution in [3.8, 4) is 5.75 Å². The van der Waals surface area contributed by atoms with Crippen molar-refractivity contribution in [2.45, 2.75) is 0 Å². The summed E-state index contributed by atoms with van der Waals surface area (Å²) in [6.45, 7) is 0. The summed E-state index contributed by atoms with van der Waals surface area (Å²) in [5, 5.41) is 11.7. The molecule has 0 amide bonds. The number of benzene rings is 2. The van der Waals surface area contributed by atoms with Crippen molar-refractivity contribution in [1.29, 1.82) is 0 Å². The van der Waals surface area contributed by atoms with E-state index >= 15 is 0 Å². The molecule has 0 radical (unpaired) electrons. The molecular weight excluding hydrogens is 159 g/mol.